The molecule has 0 radical (unpaired) electrons. The lowest BCUT2D eigenvalue weighted by atomic mass is 9.74. The number of nitrogens with one attached hydrogen (secondary N) is 2. The predicted octanol–water partition coefficient (Wildman–Crippen LogP) is 1.67. The minimum absolute atomic E-state index is 0.126. The highest BCUT2D eigenvalue weighted by Crippen LogP contribution is 2.55. The first-order valence-electron chi connectivity index (χ1n) is 11.9. The second-order valence-electron chi connectivity index (χ2n) is 9.93. The van der Waals surface area contributed by atoms with Crippen molar-refractivity contribution in [1.29, 1.82) is 0 Å². The van der Waals surface area contributed by atoms with E-state index >= 15 is 0 Å². The Bertz CT molecular complexity index is 969. The van der Waals surface area contributed by atoms with E-state index in [0.29, 0.717) is 6.54 Å². The summed E-state index contributed by atoms with van der Waals surface area (Å²) in [6.07, 6.45) is 9.42. The van der Waals surface area contributed by atoms with Gasteiger partial charge in [0.15, 0.2) is 0 Å². The zero-order valence-corrected chi connectivity index (χ0v) is 18.0. The van der Waals surface area contributed by atoms with E-state index < -0.39 is 29.6 Å². The lowest BCUT2D eigenvalue weighted by Gasteiger charge is -2.33. The Hall–Kier alpha value is -2.67. The first kappa shape index (κ1) is 20.0. The van der Waals surface area contributed by atoms with Crippen LogP contribution in [0.3, 0.4) is 0 Å². The van der Waals surface area contributed by atoms with E-state index in [1.807, 2.05) is 42.5 Å². The standard InChI is InChI=1S/C25H29N3O4/c29-22(26-17-10-11-17)19-18-12-13-25(32-18)20(19)24(31)28(14-15-6-2-1-3-7-15)21(25)23(30)27-16-8-4-5-9-16/h1-3,6-7,12-13,16-21H,4-5,8-11,14H2,(H,26,29)(H,27,30)/t18-,19-,20+,21+,25-/m1/s1. The van der Waals surface area contributed by atoms with Gasteiger partial charge < -0.3 is 20.3 Å². The zero-order valence-electron chi connectivity index (χ0n) is 18.0. The van der Waals surface area contributed by atoms with Gasteiger partial charge >= 0.3 is 0 Å². The number of fused-ring (bicyclic) bond motifs is 1. The van der Waals surface area contributed by atoms with Crippen LogP contribution in [0.25, 0.3) is 0 Å². The maximum atomic E-state index is 13.8. The van der Waals surface area contributed by atoms with Gasteiger partial charge in [-0.1, -0.05) is 55.3 Å². The number of rotatable bonds is 6. The molecule has 2 saturated heterocycles. The Labute approximate surface area is 187 Å². The van der Waals surface area contributed by atoms with Crippen molar-refractivity contribution < 1.29 is 19.1 Å². The van der Waals surface area contributed by atoms with Crippen LogP contribution in [0.4, 0.5) is 0 Å². The van der Waals surface area contributed by atoms with Crippen LogP contribution in [-0.4, -0.2) is 52.5 Å². The molecule has 3 aliphatic heterocycles. The van der Waals surface area contributed by atoms with Crippen molar-refractivity contribution in [3.05, 3.63) is 48.0 Å². The van der Waals surface area contributed by atoms with Gasteiger partial charge in [0.25, 0.3) is 0 Å². The molecule has 168 valence electrons. The average Bonchev–Trinajstić information content (AvgIpc) is 3.14. The van der Waals surface area contributed by atoms with Crippen LogP contribution in [0, 0.1) is 11.8 Å². The Kier molecular flexibility index (Phi) is 4.64. The first-order valence-corrected chi connectivity index (χ1v) is 11.9. The smallest absolute Gasteiger partial charge is 0.246 e. The van der Waals surface area contributed by atoms with Crippen molar-refractivity contribution in [2.45, 2.75) is 74.9 Å². The number of benzene rings is 1. The Balaban J connectivity index is 1.34. The summed E-state index contributed by atoms with van der Waals surface area (Å²) in [5.74, 6) is -1.71. The molecule has 2 N–H and O–H groups in total. The van der Waals surface area contributed by atoms with E-state index in [0.717, 1.165) is 44.1 Å². The molecule has 6 rings (SSSR count). The normalized spacial score (nSPS) is 35.4. The van der Waals surface area contributed by atoms with Gasteiger partial charge in [0, 0.05) is 18.6 Å². The summed E-state index contributed by atoms with van der Waals surface area (Å²) < 4.78 is 6.36. The molecule has 2 saturated carbocycles. The molecule has 7 heteroatoms. The number of carbonyl (C=O) groups excluding carboxylic acids is 3. The zero-order chi connectivity index (χ0) is 21.9. The number of carbonyl (C=O) groups is 3. The number of hydrogen-bond acceptors (Lipinski definition) is 4. The average molecular weight is 436 g/mol. The number of ether oxygens (including phenoxy) is 1. The highest BCUT2D eigenvalue weighted by atomic mass is 16.5. The van der Waals surface area contributed by atoms with Crippen LogP contribution in [0.1, 0.15) is 44.1 Å². The summed E-state index contributed by atoms with van der Waals surface area (Å²) in [5, 5.41) is 6.24. The van der Waals surface area contributed by atoms with E-state index in [-0.39, 0.29) is 29.8 Å². The summed E-state index contributed by atoms with van der Waals surface area (Å²) in [5.41, 5.74) is -0.126. The van der Waals surface area contributed by atoms with Gasteiger partial charge in [-0.15, -0.1) is 0 Å². The molecular formula is C25H29N3O4. The van der Waals surface area contributed by atoms with Crippen molar-refractivity contribution in [2.75, 3.05) is 0 Å². The maximum absolute atomic E-state index is 13.8. The van der Waals surface area contributed by atoms with Gasteiger partial charge in [0.2, 0.25) is 17.7 Å². The fourth-order valence-electron chi connectivity index (χ4n) is 6.09. The van der Waals surface area contributed by atoms with Crippen LogP contribution in [0.2, 0.25) is 0 Å². The topological polar surface area (TPSA) is 87.7 Å². The summed E-state index contributed by atoms with van der Waals surface area (Å²) in [7, 11) is 0. The van der Waals surface area contributed by atoms with E-state index in [9.17, 15) is 14.4 Å². The van der Waals surface area contributed by atoms with Crippen molar-refractivity contribution in [3.63, 3.8) is 0 Å². The molecule has 1 aromatic carbocycles. The third kappa shape index (κ3) is 3.09. The lowest BCUT2D eigenvalue weighted by molar-refractivity contribution is -0.142. The maximum Gasteiger partial charge on any atom is 0.246 e. The lowest BCUT2D eigenvalue weighted by Crippen LogP contribution is -2.55. The van der Waals surface area contributed by atoms with Crippen molar-refractivity contribution >= 4 is 17.7 Å². The van der Waals surface area contributed by atoms with Crippen molar-refractivity contribution in [1.82, 2.24) is 15.5 Å². The van der Waals surface area contributed by atoms with Crippen molar-refractivity contribution in [3.8, 4) is 0 Å². The van der Waals surface area contributed by atoms with E-state index in [4.69, 9.17) is 4.74 Å². The van der Waals surface area contributed by atoms with Crippen LogP contribution >= 0.6 is 0 Å². The Morgan fingerprint density at radius 1 is 1.00 bits per heavy atom. The summed E-state index contributed by atoms with van der Waals surface area (Å²) in [6, 6.07) is 9.27. The highest BCUT2D eigenvalue weighted by Gasteiger charge is 2.72. The van der Waals surface area contributed by atoms with Crippen LogP contribution in [0.5, 0.6) is 0 Å². The van der Waals surface area contributed by atoms with E-state index in [1.165, 1.54) is 0 Å². The minimum atomic E-state index is -1.08. The van der Waals surface area contributed by atoms with Gasteiger partial charge in [-0.05, 0) is 31.2 Å². The monoisotopic (exact) mass is 435 g/mol. The van der Waals surface area contributed by atoms with Crippen LogP contribution in [-0.2, 0) is 25.7 Å². The number of hydrogen-bond donors (Lipinski definition) is 2. The number of likely N-dealkylation sites (tertiary alicyclic amines) is 1. The summed E-state index contributed by atoms with van der Waals surface area (Å²) in [4.78, 5) is 42.2. The second-order valence-corrected chi connectivity index (χ2v) is 9.93. The van der Waals surface area contributed by atoms with Gasteiger partial charge in [0.1, 0.15) is 11.6 Å². The molecule has 3 heterocycles. The molecular weight excluding hydrogens is 406 g/mol. The third-order valence-electron chi connectivity index (χ3n) is 7.75. The highest BCUT2D eigenvalue weighted by molar-refractivity contribution is 6.00. The molecule has 4 fully saturated rings. The number of amides is 3. The number of nitrogens with zero attached hydrogens (tertiary/aromatic N) is 1. The molecule has 7 nitrogen and oxygen atoms in total. The Morgan fingerprint density at radius 2 is 1.69 bits per heavy atom. The van der Waals surface area contributed by atoms with Crippen LogP contribution in [0.15, 0.2) is 42.5 Å². The first-order chi connectivity index (χ1) is 15.6. The molecule has 5 aliphatic rings. The minimum Gasteiger partial charge on any atom is -0.359 e. The molecule has 3 amide bonds. The molecule has 5 atom stereocenters. The Morgan fingerprint density at radius 3 is 2.41 bits per heavy atom. The quantitative estimate of drug-likeness (QED) is 0.666. The molecule has 1 aromatic rings. The summed E-state index contributed by atoms with van der Waals surface area (Å²) >= 11 is 0. The molecule has 0 aromatic heterocycles. The largest absolute Gasteiger partial charge is 0.359 e. The molecule has 2 bridgehead atoms. The SMILES string of the molecule is O=C(NC1CC1)[C@H]1[C@H]2C(=O)N(Cc3ccccc3)[C@@H](C(=O)NC3CCCC3)[C@@]23C=C[C@H]1O3. The van der Waals surface area contributed by atoms with E-state index in [1.54, 1.807) is 4.90 Å². The second kappa shape index (κ2) is 7.44. The van der Waals surface area contributed by atoms with E-state index in [2.05, 4.69) is 10.6 Å². The summed E-state index contributed by atoms with van der Waals surface area (Å²) in [6.45, 7) is 0.319. The molecule has 2 aliphatic carbocycles. The van der Waals surface area contributed by atoms with Gasteiger partial charge in [0.05, 0.1) is 17.9 Å². The van der Waals surface area contributed by atoms with Crippen LogP contribution < -0.4 is 10.6 Å². The molecule has 0 unspecified atom stereocenters. The fraction of sp³-hybridized carbons (Fsp3) is 0.560. The van der Waals surface area contributed by atoms with Gasteiger partial charge in [-0.2, -0.15) is 0 Å². The van der Waals surface area contributed by atoms with Gasteiger partial charge in [-0.25, -0.2) is 0 Å². The fourth-order valence-corrected chi connectivity index (χ4v) is 6.09. The third-order valence-corrected chi connectivity index (χ3v) is 7.75. The predicted molar refractivity (Wildman–Crippen MR) is 116 cm³/mol. The van der Waals surface area contributed by atoms with Crippen molar-refractivity contribution in [2.24, 2.45) is 11.8 Å². The van der Waals surface area contributed by atoms with Gasteiger partial charge in [-0.3, -0.25) is 14.4 Å². The molecule has 32 heavy (non-hydrogen) atoms. The molecule has 1 spiro atoms.